The third kappa shape index (κ3) is 4.07. The van der Waals surface area contributed by atoms with E-state index in [2.05, 4.69) is 14.9 Å². The summed E-state index contributed by atoms with van der Waals surface area (Å²) in [5, 5.41) is 0. The maximum atomic E-state index is 11.6. The molecule has 3 rings (SSSR count). The molecular formula is C17H25N5O3. The molecule has 3 heterocycles. The smallest absolute Gasteiger partial charge is 0.219 e. The molecule has 2 aliphatic rings. The molecule has 0 saturated carbocycles. The Morgan fingerprint density at radius 2 is 1.72 bits per heavy atom. The Morgan fingerprint density at radius 1 is 1.04 bits per heavy atom. The Kier molecular flexibility index (Phi) is 5.17. The van der Waals surface area contributed by atoms with Crippen LogP contribution in [0.25, 0.3) is 0 Å². The van der Waals surface area contributed by atoms with Gasteiger partial charge in [-0.2, -0.15) is 0 Å². The summed E-state index contributed by atoms with van der Waals surface area (Å²) in [6, 6.07) is 1.95. The van der Waals surface area contributed by atoms with E-state index in [-0.39, 0.29) is 17.9 Å². The summed E-state index contributed by atoms with van der Waals surface area (Å²) in [5.41, 5.74) is 0.808. The minimum Gasteiger partial charge on any atom is -0.368 e. The molecule has 0 aliphatic carbocycles. The summed E-state index contributed by atoms with van der Waals surface area (Å²) in [6.07, 6.45) is -0.225. The van der Waals surface area contributed by atoms with E-state index in [1.54, 1.807) is 18.7 Å². The second-order valence-corrected chi connectivity index (χ2v) is 6.52. The van der Waals surface area contributed by atoms with E-state index in [4.69, 9.17) is 4.74 Å². The summed E-state index contributed by atoms with van der Waals surface area (Å²) in [5.74, 6) is 1.71. The standard InChI is InChI=1S/C17H25N5O3/c1-12-18-15(16-11-22(14(3)24)8-9-25-16)10-17(19-12)21-6-4-20(5-7-21)13(2)23/h10,16H,4-9,11H2,1-3H3/t16-/m0/s1. The maximum absolute atomic E-state index is 11.6. The van der Waals surface area contributed by atoms with E-state index in [9.17, 15) is 9.59 Å². The molecule has 8 nitrogen and oxygen atoms in total. The fourth-order valence-electron chi connectivity index (χ4n) is 3.27. The van der Waals surface area contributed by atoms with Crippen molar-refractivity contribution in [2.45, 2.75) is 26.9 Å². The molecule has 0 N–H and O–H groups in total. The highest BCUT2D eigenvalue weighted by molar-refractivity contribution is 5.73. The number of morpholine rings is 1. The molecular weight excluding hydrogens is 322 g/mol. The van der Waals surface area contributed by atoms with Crippen molar-refractivity contribution in [3.8, 4) is 0 Å². The molecule has 2 fully saturated rings. The summed E-state index contributed by atoms with van der Waals surface area (Å²) in [7, 11) is 0. The lowest BCUT2D eigenvalue weighted by atomic mass is 10.2. The van der Waals surface area contributed by atoms with Crippen LogP contribution in [0.5, 0.6) is 0 Å². The molecule has 8 heteroatoms. The lowest BCUT2D eigenvalue weighted by molar-refractivity contribution is -0.136. The van der Waals surface area contributed by atoms with Crippen molar-refractivity contribution in [3.05, 3.63) is 17.6 Å². The highest BCUT2D eigenvalue weighted by atomic mass is 16.5. The Bertz CT molecular complexity index is 658. The number of piperazine rings is 1. The largest absolute Gasteiger partial charge is 0.368 e. The molecule has 0 aromatic carbocycles. The van der Waals surface area contributed by atoms with Gasteiger partial charge in [0.1, 0.15) is 17.7 Å². The molecule has 0 bridgehead atoms. The number of rotatable bonds is 2. The number of hydrogen-bond donors (Lipinski definition) is 0. The third-order valence-electron chi connectivity index (χ3n) is 4.73. The van der Waals surface area contributed by atoms with Crippen LogP contribution in [0.15, 0.2) is 6.07 Å². The first kappa shape index (κ1) is 17.6. The van der Waals surface area contributed by atoms with E-state index >= 15 is 0 Å². The zero-order valence-corrected chi connectivity index (χ0v) is 15.1. The molecule has 1 aromatic rings. The van der Waals surface area contributed by atoms with Crippen LogP contribution < -0.4 is 4.90 Å². The molecule has 25 heavy (non-hydrogen) atoms. The van der Waals surface area contributed by atoms with Gasteiger partial charge in [0, 0.05) is 52.6 Å². The summed E-state index contributed by atoms with van der Waals surface area (Å²) in [6.45, 7) is 9.60. The molecule has 1 atom stereocenters. The minimum absolute atomic E-state index is 0.0552. The molecule has 0 unspecified atom stereocenters. The molecule has 2 saturated heterocycles. The number of anilines is 1. The number of carbonyl (C=O) groups excluding carboxylic acids is 2. The molecule has 136 valence electrons. The van der Waals surface area contributed by atoms with Gasteiger partial charge in [-0.15, -0.1) is 0 Å². The van der Waals surface area contributed by atoms with Gasteiger partial charge in [-0.3, -0.25) is 9.59 Å². The average molecular weight is 347 g/mol. The number of nitrogens with zero attached hydrogens (tertiary/aromatic N) is 5. The molecule has 0 radical (unpaired) electrons. The van der Waals surface area contributed by atoms with Crippen LogP contribution in [0.1, 0.15) is 31.5 Å². The third-order valence-corrected chi connectivity index (χ3v) is 4.73. The first-order valence-corrected chi connectivity index (χ1v) is 8.67. The van der Waals surface area contributed by atoms with Gasteiger partial charge >= 0.3 is 0 Å². The van der Waals surface area contributed by atoms with Crippen molar-refractivity contribution in [3.63, 3.8) is 0 Å². The monoisotopic (exact) mass is 347 g/mol. The van der Waals surface area contributed by atoms with Crippen LogP contribution in [0, 0.1) is 6.92 Å². The molecule has 2 aliphatic heterocycles. The predicted octanol–water partition coefficient (Wildman–Crippen LogP) is 0.373. The summed E-state index contributed by atoms with van der Waals surface area (Å²) >= 11 is 0. The van der Waals surface area contributed by atoms with Gasteiger partial charge in [-0.1, -0.05) is 0 Å². The number of aryl methyl sites for hydroxylation is 1. The van der Waals surface area contributed by atoms with Gasteiger partial charge in [0.15, 0.2) is 0 Å². The minimum atomic E-state index is -0.225. The zero-order valence-electron chi connectivity index (χ0n) is 15.1. The quantitative estimate of drug-likeness (QED) is 0.769. The van der Waals surface area contributed by atoms with Crippen molar-refractivity contribution in [2.24, 2.45) is 0 Å². The maximum Gasteiger partial charge on any atom is 0.219 e. The first-order valence-electron chi connectivity index (χ1n) is 8.67. The fraction of sp³-hybridized carbons (Fsp3) is 0.647. The normalized spacial score (nSPS) is 21.4. The van der Waals surface area contributed by atoms with Crippen LogP contribution in [-0.4, -0.2) is 77.5 Å². The van der Waals surface area contributed by atoms with Gasteiger partial charge in [0.05, 0.1) is 18.8 Å². The number of aromatic nitrogens is 2. The van der Waals surface area contributed by atoms with Crippen molar-refractivity contribution < 1.29 is 14.3 Å². The van der Waals surface area contributed by atoms with Gasteiger partial charge in [-0.05, 0) is 6.92 Å². The Labute approximate surface area is 147 Å². The fourth-order valence-corrected chi connectivity index (χ4v) is 3.27. The predicted molar refractivity (Wildman–Crippen MR) is 92.2 cm³/mol. The lowest BCUT2D eigenvalue weighted by Gasteiger charge is -2.36. The number of hydrogen-bond acceptors (Lipinski definition) is 6. The molecule has 0 spiro atoms. The first-order chi connectivity index (χ1) is 11.9. The van der Waals surface area contributed by atoms with E-state index in [1.807, 2.05) is 17.9 Å². The van der Waals surface area contributed by atoms with Gasteiger partial charge in [0.2, 0.25) is 11.8 Å². The van der Waals surface area contributed by atoms with E-state index in [0.717, 1.165) is 24.6 Å². The second-order valence-electron chi connectivity index (χ2n) is 6.52. The number of carbonyl (C=O) groups is 2. The molecule has 1 aromatic heterocycles. The van der Waals surface area contributed by atoms with Crippen molar-refractivity contribution in [2.75, 3.05) is 50.8 Å². The summed E-state index contributed by atoms with van der Waals surface area (Å²) < 4.78 is 5.83. The summed E-state index contributed by atoms with van der Waals surface area (Å²) in [4.78, 5) is 38.0. The van der Waals surface area contributed by atoms with E-state index in [1.165, 1.54) is 0 Å². The highest BCUT2D eigenvalue weighted by Crippen LogP contribution is 2.24. The van der Waals surface area contributed by atoms with Crippen LogP contribution in [0.2, 0.25) is 0 Å². The van der Waals surface area contributed by atoms with E-state index in [0.29, 0.717) is 38.6 Å². The van der Waals surface area contributed by atoms with Gasteiger partial charge in [0.25, 0.3) is 0 Å². The number of amides is 2. The zero-order chi connectivity index (χ0) is 18.0. The topological polar surface area (TPSA) is 78.9 Å². The van der Waals surface area contributed by atoms with Crippen LogP contribution >= 0.6 is 0 Å². The highest BCUT2D eigenvalue weighted by Gasteiger charge is 2.26. The Balaban J connectivity index is 1.75. The second kappa shape index (κ2) is 7.35. The Hall–Kier alpha value is -2.22. The van der Waals surface area contributed by atoms with Crippen molar-refractivity contribution in [1.29, 1.82) is 0 Å². The van der Waals surface area contributed by atoms with Crippen molar-refractivity contribution >= 4 is 17.6 Å². The Morgan fingerprint density at radius 3 is 2.36 bits per heavy atom. The SMILES string of the molecule is CC(=O)N1CCN(c2cc([C@@H]3CN(C(C)=O)CCO3)nc(C)n2)CC1. The van der Waals surface area contributed by atoms with Crippen LogP contribution in [0.4, 0.5) is 5.82 Å². The van der Waals surface area contributed by atoms with Gasteiger partial charge in [-0.25, -0.2) is 9.97 Å². The lowest BCUT2D eigenvalue weighted by Crippen LogP contribution is -2.48. The van der Waals surface area contributed by atoms with E-state index < -0.39 is 0 Å². The number of ether oxygens (including phenoxy) is 1. The van der Waals surface area contributed by atoms with Crippen LogP contribution in [0.3, 0.4) is 0 Å². The van der Waals surface area contributed by atoms with Gasteiger partial charge < -0.3 is 19.4 Å². The van der Waals surface area contributed by atoms with Crippen molar-refractivity contribution in [1.82, 2.24) is 19.8 Å². The average Bonchev–Trinajstić information content (AvgIpc) is 2.61. The molecule has 2 amide bonds. The van der Waals surface area contributed by atoms with Crippen LogP contribution in [-0.2, 0) is 14.3 Å².